The van der Waals surface area contributed by atoms with Gasteiger partial charge in [-0.2, -0.15) is 0 Å². The van der Waals surface area contributed by atoms with Crippen LogP contribution < -0.4 is 15.4 Å². The molecule has 0 aromatic heterocycles. The Hall–Kier alpha value is -1.51. The second kappa shape index (κ2) is 8.71. The minimum atomic E-state index is -0.611. The Morgan fingerprint density at radius 3 is 2.81 bits per heavy atom. The molecule has 1 amide bonds. The predicted molar refractivity (Wildman–Crippen MR) is 88.2 cm³/mol. The molecule has 0 bridgehead atoms. The highest BCUT2D eigenvalue weighted by Gasteiger charge is 2.18. The van der Waals surface area contributed by atoms with E-state index in [0.717, 1.165) is 16.6 Å². The Labute approximate surface area is 134 Å². The molecule has 0 spiro atoms. The molecule has 0 aliphatic carbocycles. The number of carbonyl (C=O) groups is 1. The van der Waals surface area contributed by atoms with E-state index in [0.29, 0.717) is 5.75 Å². The summed E-state index contributed by atoms with van der Waals surface area (Å²) in [5, 5.41) is 5.95. The van der Waals surface area contributed by atoms with Gasteiger partial charge in [0.2, 0.25) is 0 Å². The van der Waals surface area contributed by atoms with Crippen LogP contribution in [0.4, 0.5) is 0 Å². The van der Waals surface area contributed by atoms with Gasteiger partial charge < -0.3 is 15.4 Å². The number of carbonyl (C=O) groups excluding carboxylic acids is 1. The maximum absolute atomic E-state index is 11.8. The minimum absolute atomic E-state index is 0.138. The van der Waals surface area contributed by atoms with Crippen molar-refractivity contribution in [1.82, 2.24) is 10.6 Å². The van der Waals surface area contributed by atoms with Crippen LogP contribution in [0.25, 0.3) is 0 Å². The molecule has 0 fully saturated rings. The van der Waals surface area contributed by atoms with Gasteiger partial charge in [0.1, 0.15) is 5.75 Å². The third-order valence-electron chi connectivity index (χ3n) is 2.99. The van der Waals surface area contributed by atoms with Crippen LogP contribution in [0.2, 0.25) is 0 Å². The Morgan fingerprint density at radius 1 is 1.48 bits per heavy atom. The molecule has 0 heterocycles. The Morgan fingerprint density at radius 2 is 2.19 bits per heavy atom. The number of benzene rings is 1. The summed E-state index contributed by atoms with van der Waals surface area (Å²) < 4.78 is 6.71. The molecule has 21 heavy (non-hydrogen) atoms. The summed E-state index contributed by atoms with van der Waals surface area (Å²) in [6.45, 7) is 6.86. The molecule has 0 saturated heterocycles. The number of hydrogen-bond acceptors (Lipinski definition) is 3. The number of rotatable bonds is 7. The van der Waals surface area contributed by atoms with Gasteiger partial charge in [-0.05, 0) is 32.5 Å². The Kier molecular flexibility index (Phi) is 7.27. The number of hydrogen-bond donors (Lipinski definition) is 2. The molecule has 2 N–H and O–H groups in total. The van der Waals surface area contributed by atoms with Crippen LogP contribution in [0.5, 0.6) is 5.75 Å². The van der Waals surface area contributed by atoms with Crippen molar-refractivity contribution in [3.8, 4) is 18.1 Å². The van der Waals surface area contributed by atoms with E-state index in [1.807, 2.05) is 25.1 Å². The number of halogens is 1. The molecular weight excluding hydrogens is 332 g/mol. The van der Waals surface area contributed by atoms with Crippen molar-refractivity contribution in [2.75, 3.05) is 13.1 Å². The van der Waals surface area contributed by atoms with Crippen LogP contribution in [0, 0.1) is 12.3 Å². The summed E-state index contributed by atoms with van der Waals surface area (Å²) in [5.74, 6) is 2.82. The van der Waals surface area contributed by atoms with E-state index >= 15 is 0 Å². The van der Waals surface area contributed by atoms with Crippen LogP contribution >= 0.6 is 15.9 Å². The zero-order chi connectivity index (χ0) is 15.8. The molecule has 2 atom stereocenters. The molecule has 0 aliphatic rings. The number of nitrogens with one attached hydrogen (secondary N) is 2. The van der Waals surface area contributed by atoms with Crippen LogP contribution in [-0.4, -0.2) is 25.1 Å². The quantitative estimate of drug-likeness (QED) is 0.741. The van der Waals surface area contributed by atoms with Gasteiger partial charge in [0, 0.05) is 16.1 Å². The largest absolute Gasteiger partial charge is 0.481 e. The molecule has 4 nitrogen and oxygen atoms in total. The van der Waals surface area contributed by atoms with Gasteiger partial charge in [-0.1, -0.05) is 34.8 Å². The van der Waals surface area contributed by atoms with Crippen molar-refractivity contribution >= 4 is 21.8 Å². The first kappa shape index (κ1) is 17.5. The molecule has 5 heteroatoms. The van der Waals surface area contributed by atoms with E-state index in [1.165, 1.54) is 0 Å². The number of amides is 1. The van der Waals surface area contributed by atoms with E-state index in [9.17, 15) is 4.79 Å². The van der Waals surface area contributed by atoms with Crippen LogP contribution in [0.3, 0.4) is 0 Å². The number of ether oxygens (including phenoxy) is 1. The highest BCUT2D eigenvalue weighted by Crippen LogP contribution is 2.29. The Bertz CT molecular complexity index is 525. The topological polar surface area (TPSA) is 50.4 Å². The van der Waals surface area contributed by atoms with E-state index in [2.05, 4.69) is 39.4 Å². The fraction of sp³-hybridized carbons (Fsp3) is 0.438. The summed E-state index contributed by atoms with van der Waals surface area (Å²) in [6, 6.07) is 5.95. The lowest BCUT2D eigenvalue weighted by Gasteiger charge is -2.21. The van der Waals surface area contributed by atoms with E-state index in [4.69, 9.17) is 11.2 Å². The summed E-state index contributed by atoms with van der Waals surface area (Å²) >= 11 is 3.43. The van der Waals surface area contributed by atoms with E-state index in [1.54, 1.807) is 6.92 Å². The van der Waals surface area contributed by atoms with Gasteiger partial charge in [0.25, 0.3) is 5.91 Å². The van der Waals surface area contributed by atoms with Crippen molar-refractivity contribution in [1.29, 1.82) is 0 Å². The molecule has 114 valence electrons. The third-order valence-corrected chi connectivity index (χ3v) is 3.48. The average molecular weight is 353 g/mol. The second-order valence-corrected chi connectivity index (χ2v) is 5.56. The SMILES string of the molecule is C#CCNC(=O)C(C)Oc1cc(Br)ccc1C(C)NCC. The molecule has 1 rings (SSSR count). The standard InChI is InChI=1S/C16H21BrN2O2/c1-5-9-19-16(20)12(4)21-15-10-13(17)7-8-14(15)11(3)18-6-2/h1,7-8,10-12,18H,6,9H2,2-4H3,(H,19,20). The van der Waals surface area contributed by atoms with Gasteiger partial charge in [-0.25, -0.2) is 0 Å². The fourth-order valence-corrected chi connectivity index (χ4v) is 2.25. The zero-order valence-electron chi connectivity index (χ0n) is 12.6. The molecule has 2 unspecified atom stereocenters. The minimum Gasteiger partial charge on any atom is -0.481 e. The fourth-order valence-electron chi connectivity index (χ4n) is 1.91. The molecule has 0 aliphatic heterocycles. The van der Waals surface area contributed by atoms with E-state index < -0.39 is 6.10 Å². The lowest BCUT2D eigenvalue weighted by Crippen LogP contribution is -2.36. The van der Waals surface area contributed by atoms with Gasteiger partial charge >= 0.3 is 0 Å². The normalized spacial score (nSPS) is 13.1. The van der Waals surface area contributed by atoms with Crippen LogP contribution in [0.1, 0.15) is 32.4 Å². The van der Waals surface area contributed by atoms with Crippen molar-refractivity contribution in [3.05, 3.63) is 28.2 Å². The van der Waals surface area contributed by atoms with Crippen molar-refractivity contribution in [2.45, 2.75) is 32.9 Å². The van der Waals surface area contributed by atoms with Gasteiger partial charge in [-0.3, -0.25) is 4.79 Å². The summed E-state index contributed by atoms with van der Waals surface area (Å²) in [6.07, 6.45) is 4.52. The molecular formula is C16H21BrN2O2. The molecule has 0 radical (unpaired) electrons. The first-order chi connectivity index (χ1) is 9.99. The monoisotopic (exact) mass is 352 g/mol. The average Bonchev–Trinajstić information content (AvgIpc) is 2.44. The maximum atomic E-state index is 11.8. The van der Waals surface area contributed by atoms with Gasteiger partial charge in [-0.15, -0.1) is 6.42 Å². The lowest BCUT2D eigenvalue weighted by molar-refractivity contribution is -0.127. The van der Waals surface area contributed by atoms with E-state index in [-0.39, 0.29) is 18.5 Å². The van der Waals surface area contributed by atoms with Gasteiger partial charge in [0.15, 0.2) is 6.10 Å². The zero-order valence-corrected chi connectivity index (χ0v) is 14.2. The molecule has 1 aromatic carbocycles. The molecule has 0 saturated carbocycles. The van der Waals surface area contributed by atoms with Crippen LogP contribution in [-0.2, 0) is 4.79 Å². The van der Waals surface area contributed by atoms with Crippen molar-refractivity contribution < 1.29 is 9.53 Å². The summed E-state index contributed by atoms with van der Waals surface area (Å²) in [5.41, 5.74) is 1.01. The maximum Gasteiger partial charge on any atom is 0.261 e. The van der Waals surface area contributed by atoms with Crippen molar-refractivity contribution in [3.63, 3.8) is 0 Å². The van der Waals surface area contributed by atoms with Crippen LogP contribution in [0.15, 0.2) is 22.7 Å². The molecule has 1 aromatic rings. The first-order valence-electron chi connectivity index (χ1n) is 6.90. The lowest BCUT2D eigenvalue weighted by atomic mass is 10.1. The predicted octanol–water partition coefficient (Wildman–Crippen LogP) is 2.64. The van der Waals surface area contributed by atoms with Crippen molar-refractivity contribution in [2.24, 2.45) is 0 Å². The number of terminal acetylenes is 1. The highest BCUT2D eigenvalue weighted by atomic mass is 79.9. The Balaban J connectivity index is 2.88. The summed E-state index contributed by atoms with van der Waals surface area (Å²) in [4.78, 5) is 11.8. The first-order valence-corrected chi connectivity index (χ1v) is 7.69. The smallest absolute Gasteiger partial charge is 0.261 e. The second-order valence-electron chi connectivity index (χ2n) is 4.64. The highest BCUT2D eigenvalue weighted by molar-refractivity contribution is 9.10. The van der Waals surface area contributed by atoms with Gasteiger partial charge in [0.05, 0.1) is 6.54 Å². The summed E-state index contributed by atoms with van der Waals surface area (Å²) in [7, 11) is 0. The third kappa shape index (κ3) is 5.41.